The lowest BCUT2D eigenvalue weighted by atomic mass is 10.2. The number of amides is 1. The molecule has 2 N–H and O–H groups in total. The SMILES string of the molecule is O=C(C[NH+]1CCN(c2ccc(O)cc2)CC1)N1CCN(c2ncccn2)CC1. The van der Waals surface area contributed by atoms with Crippen molar-refractivity contribution in [1.29, 1.82) is 0 Å². The summed E-state index contributed by atoms with van der Waals surface area (Å²) in [6.45, 7) is 7.31. The Bertz CT molecular complexity index is 769. The maximum Gasteiger partial charge on any atom is 0.277 e. The molecule has 2 aliphatic heterocycles. The van der Waals surface area contributed by atoms with Gasteiger partial charge in [0.25, 0.3) is 5.91 Å². The highest BCUT2D eigenvalue weighted by molar-refractivity contribution is 5.77. The minimum Gasteiger partial charge on any atom is -0.508 e. The Hall–Kier alpha value is -2.87. The molecule has 3 heterocycles. The molecule has 8 nitrogen and oxygen atoms in total. The molecule has 2 aliphatic rings. The zero-order valence-corrected chi connectivity index (χ0v) is 16.0. The van der Waals surface area contributed by atoms with Crippen LogP contribution in [0.2, 0.25) is 0 Å². The van der Waals surface area contributed by atoms with Gasteiger partial charge in [0.2, 0.25) is 5.95 Å². The smallest absolute Gasteiger partial charge is 0.277 e. The zero-order valence-electron chi connectivity index (χ0n) is 16.0. The Labute approximate surface area is 165 Å². The van der Waals surface area contributed by atoms with Crippen LogP contribution in [-0.2, 0) is 4.79 Å². The highest BCUT2D eigenvalue weighted by Gasteiger charge is 2.27. The second kappa shape index (κ2) is 8.43. The lowest BCUT2D eigenvalue weighted by molar-refractivity contribution is -0.892. The van der Waals surface area contributed by atoms with Crippen LogP contribution in [0.1, 0.15) is 0 Å². The number of anilines is 2. The largest absolute Gasteiger partial charge is 0.508 e. The molecule has 2 saturated heterocycles. The summed E-state index contributed by atoms with van der Waals surface area (Å²) >= 11 is 0. The van der Waals surface area contributed by atoms with E-state index >= 15 is 0 Å². The van der Waals surface area contributed by atoms with Crippen molar-refractivity contribution in [3.05, 3.63) is 42.7 Å². The van der Waals surface area contributed by atoms with Gasteiger partial charge in [-0.1, -0.05) is 0 Å². The van der Waals surface area contributed by atoms with E-state index in [1.165, 1.54) is 4.90 Å². The van der Waals surface area contributed by atoms with Gasteiger partial charge < -0.3 is 24.7 Å². The van der Waals surface area contributed by atoms with E-state index < -0.39 is 0 Å². The summed E-state index contributed by atoms with van der Waals surface area (Å²) in [5.74, 6) is 1.27. The normalized spacial score (nSPS) is 18.4. The quantitative estimate of drug-likeness (QED) is 0.723. The molecule has 0 bridgehead atoms. The number of hydrogen-bond donors (Lipinski definition) is 2. The number of aromatic nitrogens is 2. The van der Waals surface area contributed by atoms with E-state index in [2.05, 4.69) is 19.8 Å². The molecule has 148 valence electrons. The average Bonchev–Trinajstić information content (AvgIpc) is 2.76. The van der Waals surface area contributed by atoms with Crippen molar-refractivity contribution in [2.75, 3.05) is 68.7 Å². The Balaban J connectivity index is 1.22. The fraction of sp³-hybridized carbons (Fsp3) is 0.450. The van der Waals surface area contributed by atoms with Gasteiger partial charge in [0.15, 0.2) is 6.54 Å². The van der Waals surface area contributed by atoms with E-state index in [0.717, 1.165) is 64.0 Å². The molecule has 1 aromatic heterocycles. The molecular formula is C20H27N6O2+. The Morgan fingerprint density at radius 2 is 1.57 bits per heavy atom. The monoisotopic (exact) mass is 383 g/mol. The molecule has 1 aromatic carbocycles. The number of nitrogens with one attached hydrogen (secondary N) is 1. The van der Waals surface area contributed by atoms with E-state index in [4.69, 9.17) is 0 Å². The van der Waals surface area contributed by atoms with Crippen LogP contribution >= 0.6 is 0 Å². The van der Waals surface area contributed by atoms with Crippen LogP contribution in [0.4, 0.5) is 11.6 Å². The first kappa shape index (κ1) is 18.5. The van der Waals surface area contributed by atoms with Gasteiger partial charge >= 0.3 is 0 Å². The first-order chi connectivity index (χ1) is 13.7. The van der Waals surface area contributed by atoms with E-state index in [0.29, 0.717) is 6.54 Å². The second-order valence-corrected chi connectivity index (χ2v) is 7.35. The maximum absolute atomic E-state index is 12.7. The standard InChI is InChI=1S/C20H26N6O2/c27-18-4-2-17(3-5-18)24-10-8-23(9-11-24)16-19(28)25-12-14-26(15-13-25)20-21-6-1-7-22-20/h1-7,27H,8-16H2/p+1. The van der Waals surface area contributed by atoms with Crippen molar-refractivity contribution in [1.82, 2.24) is 14.9 Å². The third-order valence-electron chi connectivity index (χ3n) is 5.55. The average molecular weight is 383 g/mol. The first-order valence-corrected chi connectivity index (χ1v) is 9.86. The topological polar surface area (TPSA) is 77.2 Å². The van der Waals surface area contributed by atoms with Crippen LogP contribution < -0.4 is 14.7 Å². The number of piperazine rings is 2. The molecule has 0 saturated carbocycles. The highest BCUT2D eigenvalue weighted by Crippen LogP contribution is 2.18. The van der Waals surface area contributed by atoms with Gasteiger partial charge in [-0.05, 0) is 30.3 Å². The van der Waals surface area contributed by atoms with Gasteiger partial charge in [-0.2, -0.15) is 0 Å². The fourth-order valence-corrected chi connectivity index (χ4v) is 3.86. The summed E-state index contributed by atoms with van der Waals surface area (Å²) in [6.07, 6.45) is 3.50. The van der Waals surface area contributed by atoms with E-state index in [-0.39, 0.29) is 11.7 Å². The molecule has 0 aliphatic carbocycles. The van der Waals surface area contributed by atoms with Crippen molar-refractivity contribution < 1.29 is 14.8 Å². The Kier molecular flexibility index (Phi) is 5.57. The summed E-state index contributed by atoms with van der Waals surface area (Å²) in [5, 5.41) is 9.43. The molecule has 4 rings (SSSR count). The molecule has 0 radical (unpaired) electrons. The summed E-state index contributed by atoms with van der Waals surface area (Å²) < 4.78 is 0. The van der Waals surface area contributed by atoms with Gasteiger partial charge in [0.05, 0.1) is 26.2 Å². The number of hydrogen-bond acceptors (Lipinski definition) is 6. The molecule has 8 heteroatoms. The lowest BCUT2D eigenvalue weighted by Gasteiger charge is -2.37. The van der Waals surface area contributed by atoms with Crippen molar-refractivity contribution >= 4 is 17.5 Å². The van der Waals surface area contributed by atoms with E-state index in [1.54, 1.807) is 24.5 Å². The van der Waals surface area contributed by atoms with E-state index in [1.807, 2.05) is 23.1 Å². The summed E-state index contributed by atoms with van der Waals surface area (Å²) in [4.78, 5) is 29.1. The van der Waals surface area contributed by atoms with Crippen molar-refractivity contribution in [3.8, 4) is 5.75 Å². The molecule has 1 amide bonds. The summed E-state index contributed by atoms with van der Waals surface area (Å²) in [6, 6.07) is 9.15. The number of benzene rings is 1. The van der Waals surface area contributed by atoms with E-state index in [9.17, 15) is 9.90 Å². The predicted octanol–water partition coefficient (Wildman–Crippen LogP) is -0.764. The molecule has 2 fully saturated rings. The van der Waals surface area contributed by atoms with Crippen LogP contribution in [0.3, 0.4) is 0 Å². The van der Waals surface area contributed by atoms with Gasteiger partial charge in [0, 0.05) is 44.3 Å². The molecular weight excluding hydrogens is 356 g/mol. The molecule has 0 atom stereocenters. The molecule has 0 spiro atoms. The fourth-order valence-electron chi connectivity index (χ4n) is 3.86. The van der Waals surface area contributed by atoms with Crippen LogP contribution in [0.15, 0.2) is 42.7 Å². The number of rotatable bonds is 4. The minimum absolute atomic E-state index is 0.238. The molecule has 28 heavy (non-hydrogen) atoms. The number of carbonyl (C=O) groups is 1. The number of phenolic OH excluding ortho intramolecular Hbond substituents is 1. The van der Waals surface area contributed by atoms with Crippen molar-refractivity contribution in [2.24, 2.45) is 0 Å². The van der Waals surface area contributed by atoms with Crippen LogP contribution in [0.25, 0.3) is 0 Å². The number of nitrogens with zero attached hydrogens (tertiary/aromatic N) is 5. The van der Waals surface area contributed by atoms with Gasteiger partial charge in [-0.3, -0.25) is 4.79 Å². The minimum atomic E-state index is 0.238. The number of aromatic hydroxyl groups is 1. The van der Waals surface area contributed by atoms with Gasteiger partial charge in [0.1, 0.15) is 5.75 Å². The predicted molar refractivity (Wildman–Crippen MR) is 107 cm³/mol. The first-order valence-electron chi connectivity index (χ1n) is 9.86. The zero-order chi connectivity index (χ0) is 19.3. The van der Waals surface area contributed by atoms with Gasteiger partial charge in [-0.25, -0.2) is 9.97 Å². The van der Waals surface area contributed by atoms with Crippen LogP contribution in [-0.4, -0.2) is 84.8 Å². The molecule has 2 aromatic rings. The number of phenols is 1. The lowest BCUT2D eigenvalue weighted by Crippen LogP contribution is -3.16. The van der Waals surface area contributed by atoms with Crippen LogP contribution in [0.5, 0.6) is 5.75 Å². The van der Waals surface area contributed by atoms with Crippen molar-refractivity contribution in [2.45, 2.75) is 0 Å². The Morgan fingerprint density at radius 3 is 2.21 bits per heavy atom. The second-order valence-electron chi connectivity index (χ2n) is 7.35. The third kappa shape index (κ3) is 4.33. The summed E-state index contributed by atoms with van der Waals surface area (Å²) in [5.41, 5.74) is 1.13. The van der Waals surface area contributed by atoms with Crippen molar-refractivity contribution in [3.63, 3.8) is 0 Å². The highest BCUT2D eigenvalue weighted by atomic mass is 16.3. The number of quaternary nitrogens is 1. The third-order valence-corrected chi connectivity index (χ3v) is 5.55. The molecule has 0 unspecified atom stereocenters. The Morgan fingerprint density at radius 1 is 0.929 bits per heavy atom. The van der Waals surface area contributed by atoms with Gasteiger partial charge in [-0.15, -0.1) is 0 Å². The number of carbonyl (C=O) groups excluding carboxylic acids is 1. The van der Waals surface area contributed by atoms with Crippen LogP contribution in [0, 0.1) is 0 Å². The summed E-state index contributed by atoms with van der Waals surface area (Å²) in [7, 11) is 0. The maximum atomic E-state index is 12.7.